The van der Waals surface area contributed by atoms with Gasteiger partial charge in [0, 0.05) is 25.8 Å². The van der Waals surface area contributed by atoms with Crippen molar-refractivity contribution in [3.05, 3.63) is 55.4 Å². The molecule has 3 aromatic heterocycles. The Morgan fingerprint density at radius 2 is 1.05 bits per heavy atom. The molecule has 0 saturated heterocycles. The van der Waals surface area contributed by atoms with Crippen LogP contribution in [0.5, 0.6) is 0 Å². The Bertz CT molecular complexity index is 1240. The zero-order valence-corrected chi connectivity index (χ0v) is 28.5. The minimum absolute atomic E-state index is 1.04. The Morgan fingerprint density at radius 1 is 0.600 bits per heavy atom. The number of hydrogen-bond acceptors (Lipinski definition) is 4. The van der Waals surface area contributed by atoms with Crippen LogP contribution in [0, 0.1) is 20.8 Å². The van der Waals surface area contributed by atoms with Crippen molar-refractivity contribution in [2.24, 2.45) is 0 Å². The molecule has 5 heteroatoms. The lowest BCUT2D eigenvalue weighted by atomic mass is 10.0. The lowest BCUT2D eigenvalue weighted by molar-refractivity contribution is 0.593. The molecule has 4 rings (SSSR count). The van der Waals surface area contributed by atoms with Crippen molar-refractivity contribution in [1.29, 1.82) is 0 Å². The first kappa shape index (κ1) is 31.4. The van der Waals surface area contributed by atoms with Crippen LogP contribution in [0.1, 0.15) is 118 Å². The van der Waals surface area contributed by atoms with E-state index in [1.807, 2.05) is 11.3 Å². The highest BCUT2D eigenvalue weighted by molar-refractivity contribution is 9.11. The monoisotopic (exact) mass is 638 g/mol. The van der Waals surface area contributed by atoms with Crippen molar-refractivity contribution in [2.45, 2.75) is 125 Å². The van der Waals surface area contributed by atoms with E-state index < -0.39 is 0 Å². The molecule has 0 fully saturated rings. The van der Waals surface area contributed by atoms with Gasteiger partial charge >= 0.3 is 0 Å². The fourth-order valence-corrected chi connectivity index (χ4v) is 8.07. The standard InChI is InChI=1S/C35H47BrN2S2/c1-6-8-10-12-14-16-18-29-30(19-17-15-13-11-9-7-2)38-34-28(32-23-25(4)35(36)40-32)21-20-27(33(34)37-29)31-22-24(3)26(5)39-31/h20-23H,6-19H2,1-5H3. The van der Waals surface area contributed by atoms with Gasteiger partial charge in [-0.15, -0.1) is 22.7 Å². The molecule has 1 aromatic carbocycles. The average Bonchev–Trinajstić information content (AvgIpc) is 3.46. The fourth-order valence-electron chi connectivity index (χ4n) is 5.45. The third-order valence-corrected chi connectivity index (χ3v) is 11.4. The molecule has 0 amide bonds. The predicted octanol–water partition coefficient (Wildman–Crippen LogP) is 12.6. The van der Waals surface area contributed by atoms with E-state index in [0.29, 0.717) is 0 Å². The molecule has 0 N–H and O–H groups in total. The van der Waals surface area contributed by atoms with E-state index in [-0.39, 0.29) is 0 Å². The zero-order chi connectivity index (χ0) is 28.5. The van der Waals surface area contributed by atoms with Crippen LogP contribution >= 0.6 is 38.6 Å². The molecule has 2 nitrogen and oxygen atoms in total. The summed E-state index contributed by atoms with van der Waals surface area (Å²) in [4.78, 5) is 15.0. The molecule has 0 radical (unpaired) electrons. The van der Waals surface area contributed by atoms with Crippen LogP contribution in [-0.2, 0) is 12.8 Å². The first-order valence-electron chi connectivity index (χ1n) is 15.6. The number of aryl methyl sites for hydroxylation is 5. The second-order valence-corrected chi connectivity index (χ2v) is 15.1. The summed E-state index contributed by atoms with van der Waals surface area (Å²) in [5, 5.41) is 0. The number of rotatable bonds is 16. The van der Waals surface area contributed by atoms with E-state index in [0.717, 1.165) is 23.9 Å². The second-order valence-electron chi connectivity index (χ2n) is 11.4. The van der Waals surface area contributed by atoms with Gasteiger partial charge in [0.15, 0.2) is 0 Å². The number of unbranched alkanes of at least 4 members (excludes halogenated alkanes) is 10. The maximum atomic E-state index is 5.51. The van der Waals surface area contributed by atoms with Crippen molar-refractivity contribution < 1.29 is 0 Å². The topological polar surface area (TPSA) is 25.8 Å². The molecule has 0 bridgehead atoms. The van der Waals surface area contributed by atoms with Crippen LogP contribution in [0.3, 0.4) is 0 Å². The van der Waals surface area contributed by atoms with Crippen molar-refractivity contribution in [3.63, 3.8) is 0 Å². The lowest BCUT2D eigenvalue weighted by Crippen LogP contribution is -2.05. The van der Waals surface area contributed by atoms with Gasteiger partial charge in [-0.25, -0.2) is 9.97 Å². The third-order valence-electron chi connectivity index (χ3n) is 8.07. The summed E-state index contributed by atoms with van der Waals surface area (Å²) in [6.07, 6.45) is 17.7. The van der Waals surface area contributed by atoms with Crippen LogP contribution in [0.25, 0.3) is 31.9 Å². The maximum absolute atomic E-state index is 5.51. The van der Waals surface area contributed by atoms with Gasteiger partial charge in [0.2, 0.25) is 0 Å². The van der Waals surface area contributed by atoms with E-state index in [4.69, 9.17) is 9.97 Å². The molecule has 0 saturated carbocycles. The van der Waals surface area contributed by atoms with Gasteiger partial charge in [0.25, 0.3) is 0 Å². The highest BCUT2D eigenvalue weighted by Crippen LogP contribution is 2.42. The molecule has 0 unspecified atom stereocenters. The molecule has 3 heterocycles. The first-order chi connectivity index (χ1) is 19.4. The van der Waals surface area contributed by atoms with Gasteiger partial charge in [-0.2, -0.15) is 0 Å². The average molecular weight is 640 g/mol. The molecule has 0 atom stereocenters. The van der Waals surface area contributed by atoms with Crippen molar-refractivity contribution in [2.75, 3.05) is 0 Å². The van der Waals surface area contributed by atoms with E-state index in [1.165, 1.54) is 129 Å². The van der Waals surface area contributed by atoms with Crippen LogP contribution in [0.4, 0.5) is 0 Å². The summed E-state index contributed by atoms with van der Waals surface area (Å²) in [5.41, 5.74) is 9.71. The molecular weight excluding hydrogens is 592 g/mol. The molecule has 0 aliphatic heterocycles. The Kier molecular flexibility index (Phi) is 12.2. The molecule has 4 aromatic rings. The van der Waals surface area contributed by atoms with Crippen molar-refractivity contribution in [3.8, 4) is 20.9 Å². The Labute approximate surface area is 259 Å². The molecular formula is C35H47BrN2S2. The van der Waals surface area contributed by atoms with Crippen molar-refractivity contribution in [1.82, 2.24) is 9.97 Å². The molecule has 0 aliphatic carbocycles. The largest absolute Gasteiger partial charge is 0.249 e. The number of fused-ring (bicyclic) bond motifs is 1. The van der Waals surface area contributed by atoms with Crippen LogP contribution in [0.15, 0.2) is 28.1 Å². The normalized spacial score (nSPS) is 11.7. The number of nitrogens with zero attached hydrogens (tertiary/aromatic N) is 2. The zero-order valence-electron chi connectivity index (χ0n) is 25.3. The van der Waals surface area contributed by atoms with Gasteiger partial charge in [-0.05, 0) is 85.6 Å². The summed E-state index contributed by atoms with van der Waals surface area (Å²) in [6.45, 7) is 11.2. The predicted molar refractivity (Wildman–Crippen MR) is 182 cm³/mol. The van der Waals surface area contributed by atoms with E-state index >= 15 is 0 Å². The summed E-state index contributed by atoms with van der Waals surface area (Å²) >= 11 is 7.44. The van der Waals surface area contributed by atoms with Gasteiger partial charge in [-0.3, -0.25) is 0 Å². The van der Waals surface area contributed by atoms with Gasteiger partial charge in [0.05, 0.1) is 26.2 Å². The van der Waals surface area contributed by atoms with Gasteiger partial charge in [-0.1, -0.05) is 90.2 Å². The number of benzene rings is 1. The number of thiophene rings is 2. The first-order valence-corrected chi connectivity index (χ1v) is 18.0. The molecule has 40 heavy (non-hydrogen) atoms. The number of aromatic nitrogens is 2. The maximum Gasteiger partial charge on any atom is 0.0983 e. The minimum atomic E-state index is 1.04. The molecule has 0 spiro atoms. The highest BCUT2D eigenvalue weighted by Gasteiger charge is 2.19. The van der Waals surface area contributed by atoms with Crippen LogP contribution < -0.4 is 0 Å². The van der Waals surface area contributed by atoms with Crippen LogP contribution in [0.2, 0.25) is 0 Å². The highest BCUT2D eigenvalue weighted by atomic mass is 79.9. The summed E-state index contributed by atoms with van der Waals surface area (Å²) < 4.78 is 1.20. The van der Waals surface area contributed by atoms with Crippen LogP contribution in [-0.4, -0.2) is 9.97 Å². The van der Waals surface area contributed by atoms with E-state index in [9.17, 15) is 0 Å². The van der Waals surface area contributed by atoms with E-state index in [1.54, 1.807) is 11.3 Å². The molecule has 0 aliphatic rings. The Balaban J connectivity index is 1.75. The summed E-state index contributed by atoms with van der Waals surface area (Å²) in [7, 11) is 0. The quantitative estimate of drug-likeness (QED) is 0.114. The van der Waals surface area contributed by atoms with Crippen molar-refractivity contribution >= 4 is 49.6 Å². The Morgan fingerprint density at radius 3 is 1.48 bits per heavy atom. The fraction of sp³-hybridized carbons (Fsp3) is 0.543. The second kappa shape index (κ2) is 15.6. The van der Waals surface area contributed by atoms with Gasteiger partial charge < -0.3 is 0 Å². The summed E-state index contributed by atoms with van der Waals surface area (Å²) in [6, 6.07) is 9.21. The SMILES string of the molecule is CCCCCCCCc1nc2c(-c3cc(C)c(C)s3)ccc(-c3cc(C)c(Br)s3)c2nc1CCCCCCCC. The molecule has 216 valence electrons. The minimum Gasteiger partial charge on any atom is -0.249 e. The number of hydrogen-bond donors (Lipinski definition) is 0. The Hall–Kier alpha value is -1.56. The third kappa shape index (κ3) is 8.04. The smallest absolute Gasteiger partial charge is 0.0983 e. The van der Waals surface area contributed by atoms with E-state index in [2.05, 4.69) is 74.8 Å². The van der Waals surface area contributed by atoms with Gasteiger partial charge in [0.1, 0.15) is 0 Å². The summed E-state index contributed by atoms with van der Waals surface area (Å²) in [5.74, 6) is 0. The lowest BCUT2D eigenvalue weighted by Gasteiger charge is -2.14. The number of halogens is 1.